The van der Waals surface area contributed by atoms with Crippen molar-refractivity contribution in [3.05, 3.63) is 35.9 Å². The third-order valence-electron chi connectivity index (χ3n) is 4.25. The van der Waals surface area contributed by atoms with E-state index in [1.807, 2.05) is 37.3 Å². The van der Waals surface area contributed by atoms with E-state index in [2.05, 4.69) is 5.32 Å². The molecule has 2 amide bonds. The zero-order valence-electron chi connectivity index (χ0n) is 12.1. The van der Waals surface area contributed by atoms with Gasteiger partial charge in [-0.05, 0) is 18.4 Å². The Kier molecular flexibility index (Phi) is 3.92. The largest absolute Gasteiger partial charge is 0.379 e. The van der Waals surface area contributed by atoms with Gasteiger partial charge in [-0.15, -0.1) is 0 Å². The molecule has 0 spiro atoms. The summed E-state index contributed by atoms with van der Waals surface area (Å²) in [6.07, 6.45) is 1.42. The van der Waals surface area contributed by atoms with Crippen molar-refractivity contribution >= 4 is 11.8 Å². The Morgan fingerprint density at radius 2 is 2.05 bits per heavy atom. The van der Waals surface area contributed by atoms with Gasteiger partial charge in [0.05, 0.1) is 12.6 Å². The fraction of sp³-hybridized carbons (Fsp3) is 0.500. The molecule has 3 atom stereocenters. The molecule has 1 aromatic rings. The van der Waals surface area contributed by atoms with Crippen molar-refractivity contribution in [2.45, 2.75) is 37.9 Å². The van der Waals surface area contributed by atoms with Crippen LogP contribution in [-0.4, -0.2) is 42.0 Å². The summed E-state index contributed by atoms with van der Waals surface area (Å²) >= 11 is 0. The van der Waals surface area contributed by atoms with Gasteiger partial charge in [-0.3, -0.25) is 9.59 Å². The smallest absolute Gasteiger partial charge is 0.250 e. The van der Waals surface area contributed by atoms with E-state index in [-0.39, 0.29) is 23.9 Å². The van der Waals surface area contributed by atoms with Crippen molar-refractivity contribution in [2.24, 2.45) is 0 Å². The van der Waals surface area contributed by atoms with E-state index >= 15 is 0 Å². The molecule has 2 saturated heterocycles. The molecule has 5 nitrogen and oxygen atoms in total. The van der Waals surface area contributed by atoms with Crippen LogP contribution in [0.25, 0.3) is 0 Å². The first-order chi connectivity index (χ1) is 10.2. The summed E-state index contributed by atoms with van der Waals surface area (Å²) in [5.41, 5.74) is 0.828. The van der Waals surface area contributed by atoms with Gasteiger partial charge in [-0.25, -0.2) is 0 Å². The molecule has 5 heteroatoms. The molecule has 3 rings (SSSR count). The normalized spacial score (nSPS) is 29.6. The van der Waals surface area contributed by atoms with Gasteiger partial charge in [-0.1, -0.05) is 37.3 Å². The van der Waals surface area contributed by atoms with E-state index in [0.717, 1.165) is 12.0 Å². The van der Waals surface area contributed by atoms with E-state index in [0.29, 0.717) is 19.6 Å². The predicted molar refractivity (Wildman–Crippen MR) is 77.5 cm³/mol. The summed E-state index contributed by atoms with van der Waals surface area (Å²) in [6, 6.07) is 8.45. The lowest BCUT2D eigenvalue weighted by Crippen LogP contribution is -2.62. The summed E-state index contributed by atoms with van der Waals surface area (Å²) in [7, 11) is 0. The van der Waals surface area contributed by atoms with Crippen LogP contribution in [-0.2, 0) is 14.3 Å². The number of hydrogen-bond donors (Lipinski definition) is 1. The number of nitrogens with one attached hydrogen (secondary N) is 1. The first kappa shape index (κ1) is 14.1. The lowest BCUT2D eigenvalue weighted by molar-refractivity contribution is -0.152. The molecule has 0 aliphatic carbocycles. The van der Waals surface area contributed by atoms with Crippen molar-refractivity contribution in [3.63, 3.8) is 0 Å². The highest BCUT2D eigenvalue weighted by atomic mass is 16.5. The van der Waals surface area contributed by atoms with Gasteiger partial charge in [0.2, 0.25) is 5.91 Å². The molecule has 112 valence electrons. The van der Waals surface area contributed by atoms with Crippen molar-refractivity contribution in [2.75, 3.05) is 13.2 Å². The van der Waals surface area contributed by atoms with Crippen LogP contribution in [0.2, 0.25) is 0 Å². The van der Waals surface area contributed by atoms with Crippen LogP contribution < -0.4 is 5.32 Å². The molecule has 3 unspecified atom stereocenters. The number of ether oxygens (including phenoxy) is 1. The average Bonchev–Trinajstić information content (AvgIpc) is 3.03. The van der Waals surface area contributed by atoms with Gasteiger partial charge in [0.15, 0.2) is 0 Å². The Morgan fingerprint density at radius 1 is 1.29 bits per heavy atom. The highest BCUT2D eigenvalue weighted by Gasteiger charge is 2.44. The van der Waals surface area contributed by atoms with Crippen LogP contribution in [0.1, 0.15) is 31.4 Å². The van der Waals surface area contributed by atoms with Crippen molar-refractivity contribution < 1.29 is 14.3 Å². The molecule has 1 aromatic carbocycles. The molecule has 2 fully saturated rings. The third kappa shape index (κ3) is 2.53. The lowest BCUT2D eigenvalue weighted by atomic mass is 9.97. The van der Waals surface area contributed by atoms with Crippen molar-refractivity contribution in [1.29, 1.82) is 0 Å². The van der Waals surface area contributed by atoms with Gasteiger partial charge in [0.1, 0.15) is 12.1 Å². The van der Waals surface area contributed by atoms with E-state index in [1.165, 1.54) is 0 Å². The second-order valence-electron chi connectivity index (χ2n) is 5.54. The summed E-state index contributed by atoms with van der Waals surface area (Å²) in [5.74, 6) is -0.0963. The second kappa shape index (κ2) is 5.85. The van der Waals surface area contributed by atoms with Crippen molar-refractivity contribution in [1.82, 2.24) is 10.2 Å². The minimum atomic E-state index is -0.581. The van der Waals surface area contributed by atoms with Gasteiger partial charge < -0.3 is 15.0 Å². The molecule has 1 N–H and O–H groups in total. The fourth-order valence-corrected chi connectivity index (χ4v) is 3.16. The topological polar surface area (TPSA) is 58.6 Å². The quantitative estimate of drug-likeness (QED) is 0.911. The minimum Gasteiger partial charge on any atom is -0.379 e. The molecule has 0 saturated carbocycles. The minimum absolute atomic E-state index is 0.0136. The summed E-state index contributed by atoms with van der Waals surface area (Å²) in [5, 5.41) is 2.87. The number of carbonyl (C=O) groups is 2. The molecular formula is C16H20N2O3. The Labute approximate surface area is 124 Å². The summed E-state index contributed by atoms with van der Waals surface area (Å²) in [6.45, 7) is 3.11. The molecule has 0 bridgehead atoms. The van der Waals surface area contributed by atoms with Crippen molar-refractivity contribution in [3.8, 4) is 0 Å². The van der Waals surface area contributed by atoms with Crippen LogP contribution in [0.4, 0.5) is 0 Å². The lowest BCUT2D eigenvalue weighted by Gasteiger charge is -2.41. The highest BCUT2D eigenvalue weighted by molar-refractivity contribution is 5.97. The monoisotopic (exact) mass is 288 g/mol. The molecule has 2 heterocycles. The molecule has 21 heavy (non-hydrogen) atoms. The first-order valence-corrected chi connectivity index (χ1v) is 7.47. The first-order valence-electron chi connectivity index (χ1n) is 7.47. The van der Waals surface area contributed by atoms with Gasteiger partial charge in [0, 0.05) is 6.61 Å². The Balaban J connectivity index is 1.91. The summed E-state index contributed by atoms with van der Waals surface area (Å²) in [4.78, 5) is 27.0. The fourth-order valence-electron chi connectivity index (χ4n) is 3.16. The standard InChI is InChI=1S/C16H20N2O3/c1-2-13-15(19)17-14(11-6-4-3-5-7-11)16(20)18(13)12-8-9-21-10-12/h3-7,12-14H,2,8-10H2,1H3,(H,17,19). The Hall–Kier alpha value is -1.88. The van der Waals surface area contributed by atoms with E-state index in [4.69, 9.17) is 4.74 Å². The number of piperazine rings is 1. The number of rotatable bonds is 3. The van der Waals surface area contributed by atoms with Crippen LogP contribution in [0.15, 0.2) is 30.3 Å². The van der Waals surface area contributed by atoms with Crippen LogP contribution in [0.3, 0.4) is 0 Å². The molecule has 2 aliphatic heterocycles. The Bertz CT molecular complexity index is 526. The van der Waals surface area contributed by atoms with Gasteiger partial charge in [0.25, 0.3) is 5.91 Å². The van der Waals surface area contributed by atoms with Crippen LogP contribution >= 0.6 is 0 Å². The van der Waals surface area contributed by atoms with Gasteiger partial charge in [-0.2, -0.15) is 0 Å². The second-order valence-corrected chi connectivity index (χ2v) is 5.54. The molecule has 0 aromatic heterocycles. The molecular weight excluding hydrogens is 268 g/mol. The maximum Gasteiger partial charge on any atom is 0.250 e. The zero-order valence-corrected chi connectivity index (χ0v) is 12.1. The molecule has 2 aliphatic rings. The van der Waals surface area contributed by atoms with E-state index in [1.54, 1.807) is 4.90 Å². The summed E-state index contributed by atoms with van der Waals surface area (Å²) < 4.78 is 5.40. The molecule has 0 radical (unpaired) electrons. The number of carbonyl (C=O) groups excluding carboxylic acids is 2. The average molecular weight is 288 g/mol. The SMILES string of the molecule is CCC1C(=O)NC(c2ccccc2)C(=O)N1C1CCOC1. The maximum absolute atomic E-state index is 12.9. The third-order valence-corrected chi connectivity index (χ3v) is 4.25. The van der Waals surface area contributed by atoms with Gasteiger partial charge >= 0.3 is 0 Å². The number of amides is 2. The number of benzene rings is 1. The van der Waals surface area contributed by atoms with Crippen LogP contribution in [0.5, 0.6) is 0 Å². The van der Waals surface area contributed by atoms with E-state index in [9.17, 15) is 9.59 Å². The number of nitrogens with zero attached hydrogens (tertiary/aromatic N) is 1. The highest BCUT2D eigenvalue weighted by Crippen LogP contribution is 2.27. The maximum atomic E-state index is 12.9. The number of hydrogen-bond acceptors (Lipinski definition) is 3. The zero-order chi connectivity index (χ0) is 14.8. The van der Waals surface area contributed by atoms with E-state index < -0.39 is 6.04 Å². The predicted octanol–water partition coefficient (Wildman–Crippen LogP) is 1.25. The Morgan fingerprint density at radius 3 is 2.67 bits per heavy atom. The van der Waals surface area contributed by atoms with Crippen LogP contribution in [0, 0.1) is 0 Å².